The molecule has 1 aromatic heterocycles. The molecule has 0 spiro atoms. The summed E-state index contributed by atoms with van der Waals surface area (Å²) in [6.07, 6.45) is 1.16. The van der Waals surface area contributed by atoms with E-state index in [1.807, 2.05) is 6.07 Å². The Bertz CT molecular complexity index is 476. The summed E-state index contributed by atoms with van der Waals surface area (Å²) in [7, 11) is 1.75. The SMILES string of the molecule is CCc1nc2ccccc2n1CC(C)OC. The van der Waals surface area contributed by atoms with Crippen molar-refractivity contribution in [3.8, 4) is 0 Å². The third-order valence-corrected chi connectivity index (χ3v) is 2.89. The molecule has 3 nitrogen and oxygen atoms in total. The van der Waals surface area contributed by atoms with Crippen molar-refractivity contribution in [2.45, 2.75) is 32.9 Å². The number of ether oxygens (including phenoxy) is 1. The molecule has 2 rings (SSSR count). The number of imidazole rings is 1. The maximum absolute atomic E-state index is 5.32. The minimum atomic E-state index is 0.211. The number of rotatable bonds is 4. The zero-order valence-electron chi connectivity index (χ0n) is 10.1. The molecule has 0 bridgehead atoms. The summed E-state index contributed by atoms with van der Waals surface area (Å²) < 4.78 is 7.58. The molecule has 1 unspecified atom stereocenters. The Labute approximate surface area is 96.1 Å². The Balaban J connectivity index is 2.47. The van der Waals surface area contributed by atoms with E-state index in [0.717, 1.165) is 24.3 Å². The lowest BCUT2D eigenvalue weighted by molar-refractivity contribution is 0.103. The van der Waals surface area contributed by atoms with E-state index in [9.17, 15) is 0 Å². The molecular weight excluding hydrogens is 200 g/mol. The average molecular weight is 218 g/mol. The number of fused-ring (bicyclic) bond motifs is 1. The van der Waals surface area contributed by atoms with Crippen molar-refractivity contribution in [1.29, 1.82) is 0 Å². The Morgan fingerprint density at radius 1 is 1.38 bits per heavy atom. The maximum atomic E-state index is 5.32. The van der Waals surface area contributed by atoms with Crippen LogP contribution in [0.4, 0.5) is 0 Å². The number of nitrogens with zero attached hydrogens (tertiary/aromatic N) is 2. The van der Waals surface area contributed by atoms with Crippen molar-refractivity contribution in [3.05, 3.63) is 30.1 Å². The van der Waals surface area contributed by atoms with Gasteiger partial charge in [0.05, 0.1) is 23.7 Å². The number of aromatic nitrogens is 2. The predicted octanol–water partition coefficient (Wildman–Crippen LogP) is 2.63. The maximum Gasteiger partial charge on any atom is 0.109 e. The number of para-hydroxylation sites is 2. The van der Waals surface area contributed by atoms with Crippen LogP contribution in [-0.2, 0) is 17.7 Å². The first-order valence-corrected chi connectivity index (χ1v) is 5.73. The molecule has 1 heterocycles. The molecule has 0 N–H and O–H groups in total. The van der Waals surface area contributed by atoms with Gasteiger partial charge in [-0.2, -0.15) is 0 Å². The lowest BCUT2D eigenvalue weighted by Crippen LogP contribution is -2.16. The molecule has 3 heteroatoms. The van der Waals surface area contributed by atoms with Crippen LogP contribution >= 0.6 is 0 Å². The molecule has 0 saturated heterocycles. The molecule has 0 amide bonds. The summed E-state index contributed by atoms with van der Waals surface area (Å²) in [5, 5.41) is 0. The molecule has 2 aromatic rings. The fourth-order valence-corrected chi connectivity index (χ4v) is 1.93. The van der Waals surface area contributed by atoms with E-state index in [-0.39, 0.29) is 6.10 Å². The summed E-state index contributed by atoms with van der Waals surface area (Å²) in [6.45, 7) is 5.07. The molecule has 16 heavy (non-hydrogen) atoms. The van der Waals surface area contributed by atoms with Gasteiger partial charge < -0.3 is 9.30 Å². The molecule has 0 aliphatic heterocycles. The highest BCUT2D eigenvalue weighted by molar-refractivity contribution is 5.75. The second-order valence-electron chi connectivity index (χ2n) is 4.03. The fourth-order valence-electron chi connectivity index (χ4n) is 1.93. The van der Waals surface area contributed by atoms with E-state index in [0.29, 0.717) is 0 Å². The molecule has 0 saturated carbocycles. The molecule has 0 radical (unpaired) electrons. The lowest BCUT2D eigenvalue weighted by Gasteiger charge is -2.13. The smallest absolute Gasteiger partial charge is 0.109 e. The van der Waals surface area contributed by atoms with Crippen LogP contribution < -0.4 is 0 Å². The Morgan fingerprint density at radius 3 is 2.81 bits per heavy atom. The molecule has 1 atom stereocenters. The van der Waals surface area contributed by atoms with Gasteiger partial charge in [0.1, 0.15) is 5.82 Å². The van der Waals surface area contributed by atoms with Crippen LogP contribution in [0, 0.1) is 0 Å². The van der Waals surface area contributed by atoms with Gasteiger partial charge >= 0.3 is 0 Å². The van der Waals surface area contributed by atoms with Gasteiger partial charge in [0, 0.05) is 13.5 Å². The first-order chi connectivity index (χ1) is 7.76. The number of hydrogen-bond acceptors (Lipinski definition) is 2. The third kappa shape index (κ3) is 1.95. The quantitative estimate of drug-likeness (QED) is 0.788. The molecular formula is C13H18N2O. The standard InChI is InChI=1S/C13H18N2O/c1-4-13-14-11-7-5-6-8-12(11)15(13)9-10(2)16-3/h5-8,10H,4,9H2,1-3H3. The number of benzene rings is 1. The van der Waals surface area contributed by atoms with Gasteiger partial charge in [-0.25, -0.2) is 4.98 Å². The highest BCUT2D eigenvalue weighted by atomic mass is 16.5. The summed E-state index contributed by atoms with van der Waals surface area (Å²) in [5.41, 5.74) is 2.27. The minimum Gasteiger partial charge on any atom is -0.380 e. The predicted molar refractivity (Wildman–Crippen MR) is 65.6 cm³/mol. The van der Waals surface area contributed by atoms with Crippen LogP contribution in [0.2, 0.25) is 0 Å². The number of methoxy groups -OCH3 is 1. The normalized spacial score (nSPS) is 13.2. The Kier molecular flexibility index (Phi) is 3.25. The van der Waals surface area contributed by atoms with Gasteiger partial charge in [0.25, 0.3) is 0 Å². The average Bonchev–Trinajstić information content (AvgIpc) is 2.67. The van der Waals surface area contributed by atoms with Crippen LogP contribution in [0.5, 0.6) is 0 Å². The molecule has 0 aliphatic carbocycles. The first kappa shape index (κ1) is 11.1. The van der Waals surface area contributed by atoms with E-state index in [1.165, 1.54) is 5.52 Å². The molecule has 0 fully saturated rings. The van der Waals surface area contributed by atoms with Crippen LogP contribution in [0.25, 0.3) is 11.0 Å². The largest absolute Gasteiger partial charge is 0.380 e. The number of hydrogen-bond donors (Lipinski definition) is 0. The third-order valence-electron chi connectivity index (χ3n) is 2.89. The van der Waals surface area contributed by atoms with E-state index in [2.05, 4.69) is 41.6 Å². The topological polar surface area (TPSA) is 27.1 Å². The minimum absolute atomic E-state index is 0.211. The highest BCUT2D eigenvalue weighted by Crippen LogP contribution is 2.17. The van der Waals surface area contributed by atoms with Gasteiger partial charge in [-0.15, -0.1) is 0 Å². The van der Waals surface area contributed by atoms with Gasteiger partial charge in [0.2, 0.25) is 0 Å². The fraction of sp³-hybridized carbons (Fsp3) is 0.462. The van der Waals surface area contributed by atoms with Gasteiger partial charge in [-0.1, -0.05) is 19.1 Å². The summed E-state index contributed by atoms with van der Waals surface area (Å²) in [5.74, 6) is 1.13. The molecule has 0 aliphatic rings. The summed E-state index contributed by atoms with van der Waals surface area (Å²) in [4.78, 5) is 4.63. The van der Waals surface area contributed by atoms with Crippen LogP contribution in [0.1, 0.15) is 19.7 Å². The van der Waals surface area contributed by atoms with Crippen molar-refractivity contribution in [2.75, 3.05) is 7.11 Å². The van der Waals surface area contributed by atoms with Crippen molar-refractivity contribution in [1.82, 2.24) is 9.55 Å². The van der Waals surface area contributed by atoms with E-state index in [1.54, 1.807) is 7.11 Å². The molecule has 86 valence electrons. The van der Waals surface area contributed by atoms with Gasteiger partial charge in [0.15, 0.2) is 0 Å². The van der Waals surface area contributed by atoms with Gasteiger partial charge in [-0.05, 0) is 19.1 Å². The van der Waals surface area contributed by atoms with Crippen molar-refractivity contribution >= 4 is 11.0 Å². The second kappa shape index (κ2) is 4.66. The first-order valence-electron chi connectivity index (χ1n) is 5.73. The summed E-state index contributed by atoms with van der Waals surface area (Å²) >= 11 is 0. The zero-order chi connectivity index (χ0) is 11.5. The summed E-state index contributed by atoms with van der Waals surface area (Å²) in [6, 6.07) is 8.25. The van der Waals surface area contributed by atoms with Crippen molar-refractivity contribution in [3.63, 3.8) is 0 Å². The molecule has 1 aromatic carbocycles. The van der Waals surface area contributed by atoms with E-state index < -0.39 is 0 Å². The Morgan fingerprint density at radius 2 is 2.12 bits per heavy atom. The van der Waals surface area contributed by atoms with Crippen molar-refractivity contribution in [2.24, 2.45) is 0 Å². The lowest BCUT2D eigenvalue weighted by atomic mass is 10.3. The van der Waals surface area contributed by atoms with Crippen LogP contribution in [0.3, 0.4) is 0 Å². The van der Waals surface area contributed by atoms with Crippen molar-refractivity contribution < 1.29 is 4.74 Å². The van der Waals surface area contributed by atoms with E-state index >= 15 is 0 Å². The van der Waals surface area contributed by atoms with E-state index in [4.69, 9.17) is 4.74 Å². The van der Waals surface area contributed by atoms with Crippen LogP contribution in [-0.4, -0.2) is 22.8 Å². The number of aryl methyl sites for hydroxylation is 1. The highest BCUT2D eigenvalue weighted by Gasteiger charge is 2.10. The Hall–Kier alpha value is -1.35. The monoisotopic (exact) mass is 218 g/mol. The second-order valence-corrected chi connectivity index (χ2v) is 4.03. The zero-order valence-corrected chi connectivity index (χ0v) is 10.1. The van der Waals surface area contributed by atoms with Crippen LogP contribution in [0.15, 0.2) is 24.3 Å². The van der Waals surface area contributed by atoms with Gasteiger partial charge in [-0.3, -0.25) is 0 Å².